The number of nitrogens with one attached hydrogen (secondary N) is 2. The van der Waals surface area contributed by atoms with E-state index in [0.29, 0.717) is 17.1 Å². The van der Waals surface area contributed by atoms with E-state index in [1.165, 1.54) is 5.56 Å². The topological polar surface area (TPSA) is 84.0 Å². The molecule has 6 nitrogen and oxygen atoms in total. The maximum Gasteiger partial charge on any atom is 0.251 e. The second kappa shape index (κ2) is 9.51. The number of nitrogens with zero attached hydrogens (tertiary/aromatic N) is 2. The molecule has 0 aliphatic rings. The Morgan fingerprint density at radius 1 is 1.00 bits per heavy atom. The minimum Gasteiger partial charge on any atom is -0.352 e. The van der Waals surface area contributed by atoms with Gasteiger partial charge in [0.05, 0.1) is 5.69 Å². The van der Waals surface area contributed by atoms with E-state index in [2.05, 4.69) is 41.4 Å². The first-order valence-corrected chi connectivity index (χ1v) is 10.3. The summed E-state index contributed by atoms with van der Waals surface area (Å²) in [4.78, 5) is 33.1. The van der Waals surface area contributed by atoms with Gasteiger partial charge in [-0.1, -0.05) is 45.0 Å². The molecule has 1 aromatic heterocycles. The number of aryl methyl sites for hydroxylation is 1. The maximum atomic E-state index is 12.3. The first-order valence-electron chi connectivity index (χ1n) is 10.3. The number of carbonyl (C=O) groups excluding carboxylic acids is 2. The van der Waals surface area contributed by atoms with E-state index in [9.17, 15) is 9.59 Å². The molecule has 0 atom stereocenters. The van der Waals surface area contributed by atoms with Crippen molar-refractivity contribution in [3.63, 3.8) is 0 Å². The number of aromatic nitrogens is 2. The van der Waals surface area contributed by atoms with E-state index < -0.39 is 0 Å². The predicted molar refractivity (Wildman–Crippen MR) is 123 cm³/mol. The molecule has 0 bridgehead atoms. The molecule has 2 aromatic carbocycles. The highest BCUT2D eigenvalue weighted by atomic mass is 16.2. The summed E-state index contributed by atoms with van der Waals surface area (Å²) in [6, 6.07) is 16.9. The van der Waals surface area contributed by atoms with Gasteiger partial charge in [-0.15, -0.1) is 0 Å². The molecule has 6 heteroatoms. The summed E-state index contributed by atoms with van der Waals surface area (Å²) >= 11 is 0. The van der Waals surface area contributed by atoms with Crippen molar-refractivity contribution in [3.05, 3.63) is 77.7 Å². The highest BCUT2D eigenvalue weighted by molar-refractivity contribution is 5.95. The van der Waals surface area contributed by atoms with Gasteiger partial charge in [0.2, 0.25) is 5.91 Å². The molecule has 160 valence electrons. The van der Waals surface area contributed by atoms with Gasteiger partial charge in [-0.05, 0) is 48.2 Å². The van der Waals surface area contributed by atoms with E-state index in [4.69, 9.17) is 0 Å². The minimum absolute atomic E-state index is 0.0384. The zero-order chi connectivity index (χ0) is 22.4. The summed E-state index contributed by atoms with van der Waals surface area (Å²) < 4.78 is 0. The van der Waals surface area contributed by atoms with Gasteiger partial charge in [0, 0.05) is 36.0 Å². The molecule has 0 fully saturated rings. The molecule has 0 radical (unpaired) electrons. The van der Waals surface area contributed by atoms with Crippen molar-refractivity contribution >= 4 is 17.5 Å². The van der Waals surface area contributed by atoms with Gasteiger partial charge in [-0.25, -0.2) is 9.97 Å². The second-order valence-corrected chi connectivity index (χ2v) is 8.45. The molecule has 2 amide bonds. The third-order valence-corrected chi connectivity index (χ3v) is 4.87. The average Bonchev–Trinajstić information content (AvgIpc) is 2.73. The number of hydrogen-bond donors (Lipinski definition) is 2. The van der Waals surface area contributed by atoms with Crippen molar-refractivity contribution in [3.8, 4) is 11.3 Å². The smallest absolute Gasteiger partial charge is 0.251 e. The summed E-state index contributed by atoms with van der Waals surface area (Å²) in [6.07, 6.45) is 1.89. The van der Waals surface area contributed by atoms with Crippen LogP contribution in [0.15, 0.2) is 60.8 Å². The fraction of sp³-hybridized carbons (Fsp3) is 0.280. The molecule has 0 aliphatic carbocycles. The van der Waals surface area contributed by atoms with Crippen LogP contribution in [0.1, 0.15) is 48.9 Å². The van der Waals surface area contributed by atoms with E-state index >= 15 is 0 Å². The third-order valence-electron chi connectivity index (χ3n) is 4.87. The highest BCUT2D eigenvalue weighted by Gasteiger charge is 2.14. The number of carbonyl (C=O) groups is 2. The van der Waals surface area contributed by atoms with Crippen LogP contribution in [-0.2, 0) is 10.2 Å². The number of anilines is 1. The lowest BCUT2D eigenvalue weighted by molar-refractivity contribution is -0.116. The van der Waals surface area contributed by atoms with Gasteiger partial charge < -0.3 is 10.6 Å². The van der Waals surface area contributed by atoms with Gasteiger partial charge in [-0.3, -0.25) is 9.59 Å². The van der Waals surface area contributed by atoms with Crippen LogP contribution in [0.2, 0.25) is 0 Å². The van der Waals surface area contributed by atoms with Gasteiger partial charge in [0.25, 0.3) is 5.91 Å². The van der Waals surface area contributed by atoms with Crippen LogP contribution in [0.25, 0.3) is 11.3 Å². The maximum absolute atomic E-state index is 12.3. The molecular weight excluding hydrogens is 388 g/mol. The van der Waals surface area contributed by atoms with Crippen LogP contribution in [0, 0.1) is 6.92 Å². The quantitative estimate of drug-likeness (QED) is 0.619. The molecule has 1 heterocycles. The highest BCUT2D eigenvalue weighted by Crippen LogP contribution is 2.22. The minimum atomic E-state index is -0.186. The van der Waals surface area contributed by atoms with E-state index in [0.717, 1.165) is 11.3 Å². The fourth-order valence-corrected chi connectivity index (χ4v) is 3.11. The first kappa shape index (κ1) is 22.2. The van der Waals surface area contributed by atoms with Gasteiger partial charge in [0.1, 0.15) is 5.82 Å². The molecule has 0 aliphatic heterocycles. The Morgan fingerprint density at radius 2 is 1.74 bits per heavy atom. The van der Waals surface area contributed by atoms with E-state index in [-0.39, 0.29) is 30.2 Å². The SMILES string of the molecule is Cc1nccc(-c2cccc(NC(=O)CCNC(=O)c3ccc(C(C)(C)C)cc3)c2)n1. The van der Waals surface area contributed by atoms with E-state index in [1.807, 2.05) is 61.5 Å². The molecule has 3 rings (SSSR count). The summed E-state index contributed by atoms with van der Waals surface area (Å²) in [5, 5.41) is 5.67. The van der Waals surface area contributed by atoms with Crippen molar-refractivity contribution in [2.45, 2.75) is 39.5 Å². The van der Waals surface area contributed by atoms with Crippen molar-refractivity contribution < 1.29 is 9.59 Å². The van der Waals surface area contributed by atoms with Crippen LogP contribution in [0.4, 0.5) is 5.69 Å². The Hall–Kier alpha value is -3.54. The normalized spacial score (nSPS) is 11.1. The number of benzene rings is 2. The summed E-state index contributed by atoms with van der Waals surface area (Å²) in [6.45, 7) is 8.49. The number of amides is 2. The number of hydrogen-bond acceptors (Lipinski definition) is 4. The molecular formula is C25H28N4O2. The standard InChI is InChI=1S/C25H28N4O2/c1-17-26-14-12-22(28-17)19-6-5-7-21(16-19)29-23(30)13-15-27-24(31)18-8-10-20(11-9-18)25(2,3)4/h5-12,14,16H,13,15H2,1-4H3,(H,27,31)(H,29,30). The largest absolute Gasteiger partial charge is 0.352 e. The molecule has 3 aromatic rings. The third kappa shape index (κ3) is 6.22. The predicted octanol–water partition coefficient (Wildman–Crippen LogP) is 4.51. The Balaban J connectivity index is 1.51. The monoisotopic (exact) mass is 416 g/mol. The molecule has 0 spiro atoms. The molecule has 0 saturated carbocycles. The molecule has 2 N–H and O–H groups in total. The van der Waals surface area contributed by atoms with Crippen molar-refractivity contribution in [2.24, 2.45) is 0 Å². The summed E-state index contributed by atoms with van der Waals surface area (Å²) in [7, 11) is 0. The van der Waals surface area contributed by atoms with Crippen LogP contribution >= 0.6 is 0 Å². The zero-order valence-electron chi connectivity index (χ0n) is 18.4. The second-order valence-electron chi connectivity index (χ2n) is 8.45. The molecule has 0 saturated heterocycles. The van der Waals surface area contributed by atoms with E-state index in [1.54, 1.807) is 6.20 Å². The van der Waals surface area contributed by atoms with Crippen LogP contribution in [0.5, 0.6) is 0 Å². The Bertz CT molecular complexity index is 1070. The van der Waals surface area contributed by atoms with Gasteiger partial charge >= 0.3 is 0 Å². The summed E-state index contributed by atoms with van der Waals surface area (Å²) in [5.74, 6) is 0.338. The van der Waals surface area contributed by atoms with Crippen LogP contribution in [-0.4, -0.2) is 28.3 Å². The van der Waals surface area contributed by atoms with Crippen molar-refractivity contribution in [1.29, 1.82) is 0 Å². The Morgan fingerprint density at radius 3 is 2.42 bits per heavy atom. The lowest BCUT2D eigenvalue weighted by Gasteiger charge is -2.19. The summed E-state index contributed by atoms with van der Waals surface area (Å²) in [5.41, 5.74) is 4.17. The van der Waals surface area contributed by atoms with Crippen LogP contribution < -0.4 is 10.6 Å². The van der Waals surface area contributed by atoms with Crippen LogP contribution in [0.3, 0.4) is 0 Å². The molecule has 31 heavy (non-hydrogen) atoms. The van der Waals surface area contributed by atoms with Gasteiger partial charge in [0.15, 0.2) is 0 Å². The Labute approximate surface area is 183 Å². The Kier molecular flexibility index (Phi) is 6.80. The van der Waals surface area contributed by atoms with Crippen molar-refractivity contribution in [1.82, 2.24) is 15.3 Å². The first-order chi connectivity index (χ1) is 14.7. The lowest BCUT2D eigenvalue weighted by atomic mass is 9.87. The average molecular weight is 417 g/mol. The lowest BCUT2D eigenvalue weighted by Crippen LogP contribution is -2.27. The fourth-order valence-electron chi connectivity index (χ4n) is 3.11. The zero-order valence-corrected chi connectivity index (χ0v) is 18.4. The number of rotatable bonds is 6. The molecule has 0 unspecified atom stereocenters. The van der Waals surface area contributed by atoms with Crippen molar-refractivity contribution in [2.75, 3.05) is 11.9 Å². The van der Waals surface area contributed by atoms with Gasteiger partial charge in [-0.2, -0.15) is 0 Å².